The van der Waals surface area contributed by atoms with Crippen LogP contribution in [0, 0.1) is 10.1 Å². The maximum atomic E-state index is 11.6. The van der Waals surface area contributed by atoms with Gasteiger partial charge >= 0.3 is 0 Å². The van der Waals surface area contributed by atoms with E-state index in [1.807, 2.05) is 0 Å². The Morgan fingerprint density at radius 2 is 2.05 bits per heavy atom. The first-order valence-electron chi connectivity index (χ1n) is 5.24. The van der Waals surface area contributed by atoms with Crippen LogP contribution < -0.4 is 0 Å². The number of carbonyl (C=O) groups is 1. The minimum absolute atomic E-state index is 0.00315. The first-order valence-corrected chi connectivity index (χ1v) is 7.14. The van der Waals surface area contributed by atoms with Crippen LogP contribution >= 0.6 is 0 Å². The van der Waals surface area contributed by atoms with Crippen LogP contribution in [-0.2, 0) is 16.3 Å². The maximum Gasteiger partial charge on any atom is 0.288 e. The van der Waals surface area contributed by atoms with Gasteiger partial charge in [0.2, 0.25) is 0 Å². The standard InChI is InChI=1S/C11H12N2O5S/c1-4-7-5-10(19(3,17)18)9(13(15)16)6-8(7)11(14)12-2/h5-6H,2,4H2,1,3H3. The van der Waals surface area contributed by atoms with Crippen molar-refractivity contribution in [3.63, 3.8) is 0 Å². The number of nitrogens with zero attached hydrogens (tertiary/aromatic N) is 2. The lowest BCUT2D eigenvalue weighted by Gasteiger charge is -2.07. The molecule has 0 spiro atoms. The van der Waals surface area contributed by atoms with Crippen LogP contribution in [0.25, 0.3) is 0 Å². The van der Waals surface area contributed by atoms with Crippen LogP contribution in [0.2, 0.25) is 0 Å². The van der Waals surface area contributed by atoms with Gasteiger partial charge in [-0.3, -0.25) is 14.9 Å². The molecule has 1 amide bonds. The van der Waals surface area contributed by atoms with Crippen LogP contribution in [0.15, 0.2) is 22.0 Å². The molecular weight excluding hydrogens is 272 g/mol. The third-order valence-electron chi connectivity index (χ3n) is 2.54. The molecule has 0 atom stereocenters. The maximum absolute atomic E-state index is 11.6. The highest BCUT2D eigenvalue weighted by atomic mass is 32.2. The van der Waals surface area contributed by atoms with Crippen molar-refractivity contribution in [3.05, 3.63) is 33.4 Å². The van der Waals surface area contributed by atoms with E-state index in [2.05, 4.69) is 11.7 Å². The number of nitro groups is 1. The van der Waals surface area contributed by atoms with Crippen molar-refractivity contribution >= 4 is 28.1 Å². The molecule has 0 N–H and O–H groups in total. The molecule has 1 aromatic carbocycles. The second-order valence-corrected chi connectivity index (χ2v) is 5.81. The molecule has 0 saturated carbocycles. The van der Waals surface area contributed by atoms with Gasteiger partial charge < -0.3 is 0 Å². The van der Waals surface area contributed by atoms with Gasteiger partial charge in [0.05, 0.1) is 10.5 Å². The SMILES string of the molecule is C=NC(=O)c1cc([N+](=O)[O-])c(S(C)(=O)=O)cc1CC. The molecule has 7 nitrogen and oxygen atoms in total. The summed E-state index contributed by atoms with van der Waals surface area (Å²) in [7, 11) is -3.76. The fourth-order valence-corrected chi connectivity index (χ4v) is 2.50. The van der Waals surface area contributed by atoms with Crippen LogP contribution in [0.1, 0.15) is 22.8 Å². The van der Waals surface area contributed by atoms with Crippen LogP contribution in [0.4, 0.5) is 5.69 Å². The van der Waals surface area contributed by atoms with Gasteiger partial charge in [0, 0.05) is 12.3 Å². The van der Waals surface area contributed by atoms with Gasteiger partial charge in [0.1, 0.15) is 4.90 Å². The van der Waals surface area contributed by atoms with Gasteiger partial charge in [-0.05, 0) is 24.8 Å². The lowest BCUT2D eigenvalue weighted by atomic mass is 10.0. The minimum Gasteiger partial charge on any atom is -0.267 e. The number of amides is 1. The number of aliphatic imine (C=N–C) groups is 1. The van der Waals surface area contributed by atoms with Crippen molar-refractivity contribution in [1.82, 2.24) is 0 Å². The Balaban J connectivity index is 3.75. The first-order chi connectivity index (χ1) is 8.72. The summed E-state index contributed by atoms with van der Waals surface area (Å²) in [5.41, 5.74) is -0.258. The lowest BCUT2D eigenvalue weighted by molar-refractivity contribution is -0.387. The largest absolute Gasteiger partial charge is 0.288 e. The number of sulfone groups is 1. The molecule has 0 bridgehead atoms. The number of hydrogen-bond acceptors (Lipinski definition) is 5. The van der Waals surface area contributed by atoms with Gasteiger partial charge in [-0.15, -0.1) is 0 Å². The summed E-state index contributed by atoms with van der Waals surface area (Å²) in [4.78, 5) is 24.4. The average Bonchev–Trinajstić information content (AvgIpc) is 2.34. The Kier molecular flexibility index (Phi) is 4.15. The molecule has 0 heterocycles. The summed E-state index contributed by atoms with van der Waals surface area (Å²) in [6.45, 7) is 4.77. The van der Waals surface area contributed by atoms with E-state index < -0.39 is 31.3 Å². The molecule has 0 aliphatic rings. The van der Waals surface area contributed by atoms with E-state index in [-0.39, 0.29) is 5.56 Å². The predicted octanol–water partition coefficient (Wildman–Crippen LogP) is 1.40. The van der Waals surface area contributed by atoms with E-state index in [1.54, 1.807) is 6.92 Å². The molecule has 0 aliphatic heterocycles. The number of aryl methyl sites for hydroxylation is 1. The second-order valence-electron chi connectivity index (χ2n) is 3.82. The van der Waals surface area contributed by atoms with Gasteiger partial charge in [0.15, 0.2) is 9.84 Å². The molecule has 0 fully saturated rings. The molecule has 1 rings (SSSR count). The predicted molar refractivity (Wildman–Crippen MR) is 69.5 cm³/mol. The van der Waals surface area contributed by atoms with Crippen molar-refractivity contribution in [2.75, 3.05) is 6.26 Å². The zero-order valence-corrected chi connectivity index (χ0v) is 11.2. The Bertz CT molecular complexity index is 664. The molecule has 0 unspecified atom stereocenters. The Morgan fingerprint density at radius 1 is 1.47 bits per heavy atom. The number of carbonyl (C=O) groups excluding carboxylic acids is 1. The molecule has 8 heteroatoms. The summed E-state index contributed by atoms with van der Waals surface area (Å²) in [5, 5.41) is 10.9. The Morgan fingerprint density at radius 3 is 2.42 bits per heavy atom. The molecule has 0 radical (unpaired) electrons. The topological polar surface area (TPSA) is 107 Å². The van der Waals surface area contributed by atoms with E-state index in [9.17, 15) is 23.3 Å². The fourth-order valence-electron chi connectivity index (χ4n) is 1.63. The molecule has 0 aromatic heterocycles. The summed E-state index contributed by atoms with van der Waals surface area (Å²) in [6.07, 6.45) is 1.22. The minimum atomic E-state index is -3.76. The van der Waals surface area contributed by atoms with Crippen molar-refractivity contribution in [2.45, 2.75) is 18.2 Å². The summed E-state index contributed by atoms with van der Waals surface area (Å²) < 4.78 is 23.1. The summed E-state index contributed by atoms with van der Waals surface area (Å²) in [6, 6.07) is 2.08. The van der Waals surface area contributed by atoms with Crippen LogP contribution in [-0.4, -0.2) is 32.2 Å². The molecule has 19 heavy (non-hydrogen) atoms. The van der Waals surface area contributed by atoms with E-state index in [1.165, 1.54) is 0 Å². The molecule has 1 aromatic rings. The third-order valence-corrected chi connectivity index (χ3v) is 3.66. The van der Waals surface area contributed by atoms with Crippen molar-refractivity contribution in [1.29, 1.82) is 0 Å². The quantitative estimate of drug-likeness (QED) is 0.472. The van der Waals surface area contributed by atoms with Gasteiger partial charge in [-0.2, -0.15) is 0 Å². The molecule has 0 saturated heterocycles. The fraction of sp³-hybridized carbons (Fsp3) is 0.273. The third kappa shape index (κ3) is 3.02. The Hall–Kier alpha value is -2.09. The lowest BCUT2D eigenvalue weighted by Crippen LogP contribution is -2.08. The number of nitro benzene ring substituents is 1. The normalized spacial score (nSPS) is 11.1. The first kappa shape index (κ1) is 15.0. The van der Waals surface area contributed by atoms with Gasteiger partial charge in [-0.25, -0.2) is 13.4 Å². The van der Waals surface area contributed by atoms with E-state index in [0.29, 0.717) is 12.0 Å². The highest BCUT2D eigenvalue weighted by molar-refractivity contribution is 7.90. The van der Waals surface area contributed by atoms with E-state index in [0.717, 1.165) is 18.4 Å². The van der Waals surface area contributed by atoms with Crippen molar-refractivity contribution in [3.8, 4) is 0 Å². The van der Waals surface area contributed by atoms with E-state index in [4.69, 9.17) is 0 Å². The zero-order chi connectivity index (χ0) is 14.8. The summed E-state index contributed by atoms with van der Waals surface area (Å²) in [5.74, 6) is -0.722. The highest BCUT2D eigenvalue weighted by Gasteiger charge is 2.26. The monoisotopic (exact) mass is 284 g/mol. The molecule has 0 aliphatic carbocycles. The Labute approximate surface area is 110 Å². The summed E-state index contributed by atoms with van der Waals surface area (Å²) >= 11 is 0. The zero-order valence-electron chi connectivity index (χ0n) is 10.4. The van der Waals surface area contributed by atoms with Crippen molar-refractivity contribution < 1.29 is 18.1 Å². The highest BCUT2D eigenvalue weighted by Crippen LogP contribution is 2.28. The second kappa shape index (κ2) is 5.27. The molecule has 102 valence electrons. The van der Waals surface area contributed by atoms with Gasteiger partial charge in [-0.1, -0.05) is 6.92 Å². The van der Waals surface area contributed by atoms with Crippen LogP contribution in [0.3, 0.4) is 0 Å². The number of benzene rings is 1. The van der Waals surface area contributed by atoms with Gasteiger partial charge in [0.25, 0.3) is 11.6 Å². The number of rotatable bonds is 4. The smallest absolute Gasteiger partial charge is 0.267 e. The number of hydrogen-bond donors (Lipinski definition) is 0. The van der Waals surface area contributed by atoms with E-state index >= 15 is 0 Å². The average molecular weight is 284 g/mol. The van der Waals surface area contributed by atoms with Crippen molar-refractivity contribution in [2.24, 2.45) is 4.99 Å². The molecular formula is C11H12N2O5S. The van der Waals surface area contributed by atoms with Crippen LogP contribution in [0.5, 0.6) is 0 Å².